The number of hydrogen-bond donors (Lipinski definition) is 1. The third-order valence-corrected chi connectivity index (χ3v) is 6.33. The molecule has 3 rings (SSSR count). The summed E-state index contributed by atoms with van der Waals surface area (Å²) in [5.41, 5.74) is 0.657. The second-order valence-corrected chi connectivity index (χ2v) is 8.22. The van der Waals surface area contributed by atoms with Crippen LogP contribution in [0.15, 0.2) is 4.99 Å². The first-order chi connectivity index (χ1) is 11.8. The first-order valence-corrected chi connectivity index (χ1v) is 10.6. The Kier molecular flexibility index (Phi) is 6.82. The van der Waals surface area contributed by atoms with E-state index in [1.54, 1.807) is 0 Å². The highest BCUT2D eigenvalue weighted by Crippen LogP contribution is 2.47. The summed E-state index contributed by atoms with van der Waals surface area (Å²) in [5.74, 6) is 1.18. The third-order valence-electron chi connectivity index (χ3n) is 6.33. The van der Waals surface area contributed by atoms with Crippen LogP contribution in [0.1, 0.15) is 71.1 Å². The second-order valence-electron chi connectivity index (χ2n) is 8.22. The van der Waals surface area contributed by atoms with Crippen molar-refractivity contribution in [2.24, 2.45) is 10.4 Å². The van der Waals surface area contributed by atoms with Gasteiger partial charge < -0.3 is 15.1 Å². The summed E-state index contributed by atoms with van der Waals surface area (Å²) in [7, 11) is 0. The molecule has 3 aliphatic rings. The van der Waals surface area contributed by atoms with Crippen LogP contribution in [0.25, 0.3) is 0 Å². The Bertz CT molecular complexity index is 396. The van der Waals surface area contributed by atoms with Gasteiger partial charge in [-0.1, -0.05) is 19.3 Å². The second kappa shape index (κ2) is 9.07. The van der Waals surface area contributed by atoms with E-state index in [0.717, 1.165) is 13.1 Å². The summed E-state index contributed by atoms with van der Waals surface area (Å²) >= 11 is 0. The maximum absolute atomic E-state index is 4.92. The van der Waals surface area contributed by atoms with Gasteiger partial charge in [-0.3, -0.25) is 4.99 Å². The van der Waals surface area contributed by atoms with Crippen molar-refractivity contribution in [2.45, 2.75) is 71.1 Å². The van der Waals surface area contributed by atoms with Crippen LogP contribution in [0, 0.1) is 5.41 Å². The number of nitrogens with one attached hydrogen (secondary N) is 1. The van der Waals surface area contributed by atoms with E-state index < -0.39 is 0 Å². The molecule has 1 saturated carbocycles. The van der Waals surface area contributed by atoms with Gasteiger partial charge >= 0.3 is 0 Å². The van der Waals surface area contributed by atoms with Crippen molar-refractivity contribution in [3.05, 3.63) is 0 Å². The summed E-state index contributed by atoms with van der Waals surface area (Å²) < 4.78 is 0. The lowest BCUT2D eigenvalue weighted by molar-refractivity contribution is 0.151. The van der Waals surface area contributed by atoms with E-state index in [4.69, 9.17) is 4.99 Å². The van der Waals surface area contributed by atoms with Crippen LogP contribution in [-0.4, -0.2) is 61.6 Å². The molecule has 1 spiro atoms. The molecule has 4 nitrogen and oxygen atoms in total. The predicted octanol–water partition coefficient (Wildman–Crippen LogP) is 3.48. The largest absolute Gasteiger partial charge is 0.357 e. The number of unbranched alkanes of at least 4 members (excludes halogenated alkanes) is 2. The zero-order chi connectivity index (χ0) is 16.7. The Balaban J connectivity index is 1.33. The average Bonchev–Trinajstić information content (AvgIpc) is 3.04. The Morgan fingerprint density at radius 2 is 1.79 bits per heavy atom. The van der Waals surface area contributed by atoms with Gasteiger partial charge in [0.1, 0.15) is 0 Å². The predicted molar refractivity (Wildman–Crippen MR) is 103 cm³/mol. The highest BCUT2D eigenvalue weighted by atomic mass is 15.3. The smallest absolute Gasteiger partial charge is 0.193 e. The fraction of sp³-hybridized carbons (Fsp3) is 0.950. The van der Waals surface area contributed by atoms with Gasteiger partial charge in [0.15, 0.2) is 5.96 Å². The highest BCUT2D eigenvalue weighted by Gasteiger charge is 2.43. The number of nitrogens with zero attached hydrogens (tertiary/aromatic N) is 3. The van der Waals surface area contributed by atoms with Crippen LogP contribution in [0.4, 0.5) is 0 Å². The van der Waals surface area contributed by atoms with Crippen molar-refractivity contribution >= 4 is 5.96 Å². The maximum atomic E-state index is 4.92. The average molecular weight is 335 g/mol. The van der Waals surface area contributed by atoms with E-state index in [-0.39, 0.29) is 0 Å². The van der Waals surface area contributed by atoms with Gasteiger partial charge in [0.05, 0.1) is 0 Å². The standard InChI is InChI=1S/C20H38N4/c1-2-21-19(24-17-12-20(18-24)10-9-11-20)22-13-5-3-6-14-23-15-7-4-8-16-23/h2-18H2,1H3,(H,21,22). The zero-order valence-corrected chi connectivity index (χ0v) is 15.9. The topological polar surface area (TPSA) is 30.9 Å². The van der Waals surface area contributed by atoms with Crippen molar-refractivity contribution in [1.29, 1.82) is 0 Å². The Labute approximate surface area is 149 Å². The molecule has 0 amide bonds. The summed E-state index contributed by atoms with van der Waals surface area (Å²) in [6, 6.07) is 0. The van der Waals surface area contributed by atoms with Gasteiger partial charge in [0, 0.05) is 26.2 Å². The van der Waals surface area contributed by atoms with E-state index >= 15 is 0 Å². The van der Waals surface area contributed by atoms with Gasteiger partial charge in [-0.05, 0) is 76.9 Å². The van der Waals surface area contributed by atoms with E-state index in [1.807, 2.05) is 0 Å². The molecule has 0 aromatic heterocycles. The number of piperidine rings is 1. The normalized spacial score (nSPS) is 24.4. The van der Waals surface area contributed by atoms with E-state index in [1.165, 1.54) is 103 Å². The molecule has 24 heavy (non-hydrogen) atoms. The molecule has 4 heteroatoms. The first kappa shape index (κ1) is 18.0. The van der Waals surface area contributed by atoms with Crippen LogP contribution in [0.3, 0.4) is 0 Å². The van der Waals surface area contributed by atoms with Gasteiger partial charge in [0.2, 0.25) is 0 Å². The number of rotatable bonds is 7. The molecule has 3 fully saturated rings. The molecule has 2 heterocycles. The SMILES string of the molecule is CCNC(=NCCCCCN1CCCCC1)N1CCC2(CCC2)C1. The maximum Gasteiger partial charge on any atom is 0.193 e. The lowest BCUT2D eigenvalue weighted by atomic mass is 9.68. The number of hydrogen-bond acceptors (Lipinski definition) is 2. The molecule has 1 aliphatic carbocycles. The molecule has 2 saturated heterocycles. The Morgan fingerprint density at radius 3 is 2.46 bits per heavy atom. The van der Waals surface area contributed by atoms with Crippen molar-refractivity contribution < 1.29 is 0 Å². The molecule has 138 valence electrons. The van der Waals surface area contributed by atoms with Crippen molar-refractivity contribution in [3.8, 4) is 0 Å². The van der Waals surface area contributed by atoms with E-state index in [2.05, 4.69) is 22.0 Å². The Hall–Kier alpha value is -0.770. The van der Waals surface area contributed by atoms with E-state index in [9.17, 15) is 0 Å². The number of aliphatic imine (C=N–C) groups is 1. The van der Waals surface area contributed by atoms with E-state index in [0.29, 0.717) is 5.41 Å². The molecule has 0 aromatic rings. The summed E-state index contributed by atoms with van der Waals surface area (Å²) in [5, 5.41) is 3.52. The molecule has 2 aliphatic heterocycles. The molecule has 0 atom stereocenters. The van der Waals surface area contributed by atoms with Crippen LogP contribution in [0.2, 0.25) is 0 Å². The monoisotopic (exact) mass is 334 g/mol. The minimum absolute atomic E-state index is 0.657. The van der Waals surface area contributed by atoms with Crippen molar-refractivity contribution in [2.75, 3.05) is 45.8 Å². The van der Waals surface area contributed by atoms with Crippen LogP contribution >= 0.6 is 0 Å². The lowest BCUT2D eigenvalue weighted by Crippen LogP contribution is -2.42. The summed E-state index contributed by atoms with van der Waals surface area (Å²) in [6.07, 6.45) is 13.9. The molecular formula is C20H38N4. The highest BCUT2D eigenvalue weighted by molar-refractivity contribution is 5.80. The van der Waals surface area contributed by atoms with Gasteiger partial charge in [-0.15, -0.1) is 0 Å². The van der Waals surface area contributed by atoms with Gasteiger partial charge in [-0.25, -0.2) is 0 Å². The van der Waals surface area contributed by atoms with Gasteiger partial charge in [0.25, 0.3) is 0 Å². The molecule has 0 radical (unpaired) electrons. The van der Waals surface area contributed by atoms with Crippen LogP contribution in [0.5, 0.6) is 0 Å². The third kappa shape index (κ3) is 4.87. The molecule has 0 aromatic carbocycles. The fourth-order valence-electron chi connectivity index (χ4n) is 4.62. The fourth-order valence-corrected chi connectivity index (χ4v) is 4.62. The van der Waals surface area contributed by atoms with Crippen LogP contribution < -0.4 is 5.32 Å². The summed E-state index contributed by atoms with van der Waals surface area (Å²) in [4.78, 5) is 10.1. The molecular weight excluding hydrogens is 296 g/mol. The first-order valence-electron chi connectivity index (χ1n) is 10.6. The summed E-state index contributed by atoms with van der Waals surface area (Å²) in [6.45, 7) is 10.6. The zero-order valence-electron chi connectivity index (χ0n) is 15.9. The van der Waals surface area contributed by atoms with Crippen molar-refractivity contribution in [3.63, 3.8) is 0 Å². The minimum atomic E-state index is 0.657. The lowest BCUT2D eigenvalue weighted by Gasteiger charge is -2.38. The van der Waals surface area contributed by atoms with Gasteiger partial charge in [-0.2, -0.15) is 0 Å². The van der Waals surface area contributed by atoms with Crippen LogP contribution in [-0.2, 0) is 0 Å². The Morgan fingerprint density at radius 1 is 0.958 bits per heavy atom. The minimum Gasteiger partial charge on any atom is -0.357 e. The van der Waals surface area contributed by atoms with Crippen molar-refractivity contribution in [1.82, 2.24) is 15.1 Å². The molecule has 0 bridgehead atoms. The molecule has 1 N–H and O–H groups in total. The quantitative estimate of drug-likeness (QED) is 0.439. The number of likely N-dealkylation sites (tertiary alicyclic amines) is 2. The molecule has 0 unspecified atom stereocenters. The number of guanidine groups is 1.